The van der Waals surface area contributed by atoms with E-state index in [9.17, 15) is 36.9 Å². The topological polar surface area (TPSA) is 256 Å². The summed E-state index contributed by atoms with van der Waals surface area (Å²) in [5.41, 5.74) is 5.38. The number of nitrogens with two attached hydrogens (primary N) is 1. The molecule has 1 radical (unpaired) electrons. The van der Waals surface area contributed by atoms with Gasteiger partial charge in [-0.25, -0.2) is 4.18 Å². The Hall–Kier alpha value is -0.800. The molecule has 30 heavy (non-hydrogen) atoms. The maximum absolute atomic E-state index is 10.6. The Labute approximate surface area is 193 Å². The number of rotatable bonds is 6. The minimum absolute atomic E-state index is 0. The predicted molar refractivity (Wildman–Crippen MR) is 97.4 cm³/mol. The number of hydrogen-bond acceptors (Lipinski definition) is 11. The van der Waals surface area contributed by atoms with Gasteiger partial charge in [-0.05, 0) is 12.1 Å². The molecule has 8 N–H and O–H groups in total. The normalized spacial score (nSPS) is 26.6. The first-order chi connectivity index (χ1) is 13.2. The molecule has 1 aromatic rings. The second-order valence-corrected chi connectivity index (χ2v) is 7.76. The summed E-state index contributed by atoms with van der Waals surface area (Å²) in [4.78, 5) is 14.1. The van der Waals surface area contributed by atoms with Crippen LogP contribution in [0.3, 0.4) is 0 Å². The molecule has 2 rings (SSSR count). The van der Waals surface area contributed by atoms with E-state index in [2.05, 4.69) is 13.9 Å². The molecule has 1 amide bonds. The molecule has 0 bridgehead atoms. The van der Waals surface area contributed by atoms with Crippen molar-refractivity contribution in [3.8, 4) is 0 Å². The number of aromatic nitrogens is 1. The number of hydrogen-bond donors (Lipinski definition) is 7. The Morgan fingerprint density at radius 3 is 2.20 bits per heavy atom. The molecule has 15 nitrogen and oxygen atoms in total. The average Bonchev–Trinajstić information content (AvgIpc) is 2.60. The average molecular weight is 484 g/mol. The van der Waals surface area contributed by atoms with Crippen molar-refractivity contribution in [3.05, 3.63) is 30.1 Å². The van der Waals surface area contributed by atoms with Gasteiger partial charge in [0.1, 0.15) is 24.4 Å². The summed E-state index contributed by atoms with van der Waals surface area (Å²) in [6.45, 7) is -0.938. The number of carbonyl (C=O) groups excluding carboxylic acids is 1. The van der Waals surface area contributed by atoms with E-state index < -0.39 is 63.9 Å². The number of ether oxygens (including phenoxy) is 1. The molecule has 1 fully saturated rings. The van der Waals surface area contributed by atoms with Crippen LogP contribution in [0.2, 0.25) is 0 Å². The van der Waals surface area contributed by atoms with Crippen molar-refractivity contribution in [1.29, 1.82) is 0 Å². The zero-order chi connectivity index (χ0) is 22.4. The molecule has 167 valence electrons. The molecular formula is C12H19N3NaO12S2. The third-order valence-electron chi connectivity index (χ3n) is 3.33. The molecular weight excluding hydrogens is 465 g/mol. The number of carbonyl (C=O) groups is 1. The van der Waals surface area contributed by atoms with Gasteiger partial charge in [0.05, 0.1) is 12.2 Å². The first-order valence-electron chi connectivity index (χ1n) is 7.47. The monoisotopic (exact) mass is 484 g/mol. The van der Waals surface area contributed by atoms with Crippen LogP contribution in [0, 0.1) is 0 Å². The number of nitrogens with zero attached hydrogens (tertiary/aromatic N) is 1. The summed E-state index contributed by atoms with van der Waals surface area (Å²) in [6, 6.07) is 1.50. The Kier molecular flexibility index (Phi) is 12.0. The molecule has 18 heteroatoms. The van der Waals surface area contributed by atoms with Crippen LogP contribution in [0.5, 0.6) is 0 Å². The van der Waals surface area contributed by atoms with Gasteiger partial charge < -0.3 is 25.8 Å². The van der Waals surface area contributed by atoms with E-state index in [4.69, 9.17) is 14.8 Å². The Morgan fingerprint density at radius 1 is 1.20 bits per heavy atom. The number of primary amides is 1. The van der Waals surface area contributed by atoms with Crippen LogP contribution in [-0.2, 0) is 29.6 Å². The van der Waals surface area contributed by atoms with Gasteiger partial charge in [0.2, 0.25) is 5.91 Å². The molecule has 1 aliphatic rings. The smallest absolute Gasteiger partial charge is 0.388 e. The zero-order valence-corrected chi connectivity index (χ0v) is 19.0. The van der Waals surface area contributed by atoms with Crippen LogP contribution >= 0.6 is 0 Å². The maximum atomic E-state index is 10.6. The molecule has 1 aliphatic heterocycles. The van der Waals surface area contributed by atoms with E-state index in [1.54, 1.807) is 18.3 Å². The third kappa shape index (κ3) is 10.5. The largest absolute Gasteiger partial charge is 0.397 e. The summed E-state index contributed by atoms with van der Waals surface area (Å²) < 4.78 is 68.7. The zero-order valence-electron chi connectivity index (χ0n) is 15.3. The third-order valence-corrected chi connectivity index (χ3v) is 4.34. The van der Waals surface area contributed by atoms with Crippen molar-refractivity contribution in [1.82, 2.24) is 9.71 Å². The van der Waals surface area contributed by atoms with Crippen molar-refractivity contribution in [2.45, 2.75) is 30.6 Å². The van der Waals surface area contributed by atoms with Crippen LogP contribution in [0.1, 0.15) is 10.4 Å². The van der Waals surface area contributed by atoms with Crippen molar-refractivity contribution < 1.29 is 55.0 Å². The molecule has 1 aromatic heterocycles. The molecule has 1 unspecified atom stereocenters. The van der Waals surface area contributed by atoms with Gasteiger partial charge in [-0.2, -0.15) is 21.6 Å². The second-order valence-electron chi connectivity index (χ2n) is 5.48. The summed E-state index contributed by atoms with van der Waals surface area (Å²) in [7, 11) is -9.62. The second kappa shape index (κ2) is 12.3. The summed E-state index contributed by atoms with van der Waals surface area (Å²) in [5.74, 6) is -0.442. The number of amides is 1. The van der Waals surface area contributed by atoms with E-state index >= 15 is 0 Å². The quantitative estimate of drug-likeness (QED) is 0.149. The molecule has 0 aromatic carbocycles. The van der Waals surface area contributed by atoms with Gasteiger partial charge in [0.25, 0.3) is 0 Å². The first-order valence-corrected chi connectivity index (χ1v) is 10.3. The first kappa shape index (κ1) is 29.2. The van der Waals surface area contributed by atoms with E-state index in [0.29, 0.717) is 5.56 Å². The van der Waals surface area contributed by atoms with Crippen LogP contribution in [0.4, 0.5) is 0 Å². The fourth-order valence-electron chi connectivity index (χ4n) is 2.04. The van der Waals surface area contributed by atoms with Gasteiger partial charge in [0.15, 0.2) is 6.29 Å². The van der Waals surface area contributed by atoms with Gasteiger partial charge in [-0.15, -0.1) is 0 Å². The van der Waals surface area contributed by atoms with E-state index in [1.165, 1.54) is 10.9 Å². The molecule has 0 saturated carbocycles. The predicted octanol–water partition coefficient (Wildman–Crippen LogP) is -4.19. The molecule has 1 saturated heterocycles. The Morgan fingerprint density at radius 2 is 1.80 bits per heavy atom. The van der Waals surface area contributed by atoms with E-state index in [0.717, 1.165) is 0 Å². The fraction of sp³-hybridized carbons (Fsp3) is 0.500. The Balaban J connectivity index is 0.000000704. The number of aliphatic hydroxyl groups excluding tert-OH is 3. The fourth-order valence-corrected chi connectivity index (χ4v) is 2.95. The van der Waals surface area contributed by atoms with Gasteiger partial charge in [-0.1, -0.05) is 0 Å². The summed E-state index contributed by atoms with van der Waals surface area (Å²) >= 11 is 0. The SMILES string of the molecule is NC(=O)c1cccnc1.O=S(=O)(O)N[C@H]1C(O)O[C@H](COS(=O)(=O)O)[C@@H](O)[C@@H]1O.[Na]. The van der Waals surface area contributed by atoms with Gasteiger partial charge in [0, 0.05) is 42.0 Å². The molecule has 0 spiro atoms. The van der Waals surface area contributed by atoms with E-state index in [-0.39, 0.29) is 29.6 Å². The number of pyridine rings is 1. The van der Waals surface area contributed by atoms with Crippen molar-refractivity contribution in [3.63, 3.8) is 0 Å². The van der Waals surface area contributed by atoms with E-state index in [1.807, 2.05) is 0 Å². The minimum Gasteiger partial charge on any atom is -0.388 e. The van der Waals surface area contributed by atoms with Crippen LogP contribution in [0.15, 0.2) is 24.5 Å². The van der Waals surface area contributed by atoms with Crippen LogP contribution in [0.25, 0.3) is 0 Å². The van der Waals surface area contributed by atoms with Crippen molar-refractivity contribution >= 4 is 56.2 Å². The molecule has 2 heterocycles. The van der Waals surface area contributed by atoms with Crippen molar-refractivity contribution in [2.75, 3.05) is 6.61 Å². The van der Waals surface area contributed by atoms with Crippen LogP contribution in [-0.4, -0.2) is 119 Å². The van der Waals surface area contributed by atoms with Crippen LogP contribution < -0.4 is 10.5 Å². The summed E-state index contributed by atoms with van der Waals surface area (Å²) in [5, 5.41) is 28.6. The van der Waals surface area contributed by atoms with Gasteiger partial charge in [-0.3, -0.25) is 18.9 Å². The minimum atomic E-state index is -4.83. The van der Waals surface area contributed by atoms with Gasteiger partial charge >= 0.3 is 20.7 Å². The standard InChI is InChI=1S/C6H6N2O.C6H13NO11S2.Na/c7-6(9)5-2-1-3-8-4-5;8-4-2(1-17-20(14,15)16)18-6(10)3(5(4)9)7-19(11,12)13;/h1-4H,(H2,7,9);2-10H,1H2,(H,11,12,13)(H,14,15,16);/t;2-,3-,4-,5-,6?;/m.1./s1. The maximum Gasteiger partial charge on any atom is 0.397 e. The molecule has 5 atom stereocenters. The Bertz CT molecular complexity index is 883. The number of nitrogens with one attached hydrogen (secondary N) is 1. The summed E-state index contributed by atoms with van der Waals surface area (Å²) in [6.07, 6.45) is -4.35. The van der Waals surface area contributed by atoms with Crippen molar-refractivity contribution in [2.24, 2.45) is 5.73 Å². The molecule has 0 aliphatic carbocycles. The number of aliphatic hydroxyl groups is 3.